The fourth-order valence-corrected chi connectivity index (χ4v) is 2.98. The number of likely N-dealkylation sites (N-methyl/N-ethyl adjacent to an activating group) is 1. The lowest BCUT2D eigenvalue weighted by Gasteiger charge is -2.25. The Kier molecular flexibility index (Phi) is 4.46. The molecule has 1 unspecified atom stereocenters. The predicted molar refractivity (Wildman–Crippen MR) is 87.6 cm³/mol. The van der Waals surface area contributed by atoms with E-state index in [9.17, 15) is 4.79 Å². The molecular formula is C19H23NO. The molecule has 0 heterocycles. The molecule has 0 saturated heterocycles. The van der Waals surface area contributed by atoms with Gasteiger partial charge in [-0.25, -0.2) is 0 Å². The highest BCUT2D eigenvalue weighted by molar-refractivity contribution is 5.87. The van der Waals surface area contributed by atoms with Crippen LogP contribution >= 0.6 is 0 Å². The maximum Gasteiger partial charge on any atom is 0.234 e. The first-order valence-electron chi connectivity index (χ1n) is 7.25. The second-order valence-electron chi connectivity index (χ2n) is 5.89. The smallest absolute Gasteiger partial charge is 0.234 e. The van der Waals surface area contributed by atoms with Gasteiger partial charge in [0.2, 0.25) is 5.91 Å². The molecule has 0 bridgehead atoms. The van der Waals surface area contributed by atoms with E-state index < -0.39 is 0 Å². The van der Waals surface area contributed by atoms with Crippen molar-refractivity contribution < 1.29 is 4.79 Å². The molecule has 2 aromatic rings. The van der Waals surface area contributed by atoms with Crippen LogP contribution < -0.4 is 0 Å². The third-order valence-corrected chi connectivity index (χ3v) is 3.85. The van der Waals surface area contributed by atoms with E-state index in [2.05, 4.69) is 32.9 Å². The van der Waals surface area contributed by atoms with Crippen molar-refractivity contribution >= 4 is 5.91 Å². The lowest BCUT2D eigenvalue weighted by molar-refractivity contribution is -0.129. The quantitative estimate of drug-likeness (QED) is 0.837. The summed E-state index contributed by atoms with van der Waals surface area (Å²) in [6.45, 7) is 6.28. The van der Waals surface area contributed by atoms with Crippen LogP contribution in [-0.4, -0.2) is 24.9 Å². The Morgan fingerprint density at radius 2 is 1.48 bits per heavy atom. The van der Waals surface area contributed by atoms with Crippen molar-refractivity contribution in [2.75, 3.05) is 14.1 Å². The summed E-state index contributed by atoms with van der Waals surface area (Å²) in [4.78, 5) is 14.4. The number of hydrogen-bond donors (Lipinski definition) is 0. The highest BCUT2D eigenvalue weighted by Gasteiger charge is 2.27. The van der Waals surface area contributed by atoms with Crippen LogP contribution in [0.1, 0.15) is 33.7 Å². The minimum Gasteiger partial charge on any atom is -0.348 e. The first-order chi connectivity index (χ1) is 9.91. The molecule has 2 aromatic carbocycles. The monoisotopic (exact) mass is 281 g/mol. The number of carbonyl (C=O) groups excluding carboxylic acids is 1. The molecule has 0 saturated carbocycles. The van der Waals surface area contributed by atoms with Crippen LogP contribution in [0, 0.1) is 20.8 Å². The largest absolute Gasteiger partial charge is 0.348 e. The Morgan fingerprint density at radius 1 is 0.952 bits per heavy atom. The van der Waals surface area contributed by atoms with Crippen LogP contribution in [0.5, 0.6) is 0 Å². The van der Waals surface area contributed by atoms with Gasteiger partial charge in [-0.2, -0.15) is 0 Å². The first kappa shape index (κ1) is 15.3. The first-order valence-corrected chi connectivity index (χ1v) is 7.25. The molecule has 1 atom stereocenters. The second-order valence-corrected chi connectivity index (χ2v) is 5.89. The third kappa shape index (κ3) is 3.15. The minimum atomic E-state index is -0.234. The van der Waals surface area contributed by atoms with Gasteiger partial charge in [-0.15, -0.1) is 0 Å². The standard InChI is InChI=1S/C19H23NO/c1-13-11-14(2)17(15(3)12-13)18(19(21)20(4)5)16-9-7-6-8-10-16/h6-12,18H,1-5H3. The van der Waals surface area contributed by atoms with Crippen molar-refractivity contribution in [3.8, 4) is 0 Å². The van der Waals surface area contributed by atoms with E-state index in [-0.39, 0.29) is 11.8 Å². The molecule has 0 radical (unpaired) electrons. The molecule has 0 N–H and O–H groups in total. The Balaban J connectivity index is 2.64. The van der Waals surface area contributed by atoms with Crippen molar-refractivity contribution in [1.82, 2.24) is 4.90 Å². The van der Waals surface area contributed by atoms with Gasteiger partial charge in [-0.1, -0.05) is 48.0 Å². The van der Waals surface area contributed by atoms with Crippen LogP contribution in [0.3, 0.4) is 0 Å². The highest BCUT2D eigenvalue weighted by atomic mass is 16.2. The number of rotatable bonds is 3. The SMILES string of the molecule is Cc1cc(C)c(C(C(=O)N(C)C)c2ccccc2)c(C)c1. The van der Waals surface area contributed by atoms with Gasteiger partial charge in [0, 0.05) is 14.1 Å². The van der Waals surface area contributed by atoms with Crippen molar-refractivity contribution in [2.45, 2.75) is 26.7 Å². The molecule has 0 spiro atoms. The van der Waals surface area contributed by atoms with Crippen molar-refractivity contribution in [1.29, 1.82) is 0 Å². The van der Waals surface area contributed by atoms with Gasteiger partial charge in [-0.05, 0) is 43.0 Å². The maximum atomic E-state index is 12.8. The van der Waals surface area contributed by atoms with E-state index in [1.54, 1.807) is 4.90 Å². The van der Waals surface area contributed by atoms with Gasteiger partial charge >= 0.3 is 0 Å². The minimum absolute atomic E-state index is 0.122. The van der Waals surface area contributed by atoms with E-state index in [0.29, 0.717) is 0 Å². The molecule has 0 aromatic heterocycles. The summed E-state index contributed by atoms with van der Waals surface area (Å²) in [7, 11) is 3.63. The van der Waals surface area contributed by atoms with E-state index in [0.717, 1.165) is 11.1 Å². The summed E-state index contributed by atoms with van der Waals surface area (Å²) >= 11 is 0. The topological polar surface area (TPSA) is 20.3 Å². The zero-order valence-corrected chi connectivity index (χ0v) is 13.5. The number of aryl methyl sites for hydroxylation is 3. The maximum absolute atomic E-state index is 12.8. The third-order valence-electron chi connectivity index (χ3n) is 3.85. The summed E-state index contributed by atoms with van der Waals surface area (Å²) < 4.78 is 0. The normalized spacial score (nSPS) is 12.0. The number of hydrogen-bond acceptors (Lipinski definition) is 1. The zero-order chi connectivity index (χ0) is 15.6. The fourth-order valence-electron chi connectivity index (χ4n) is 2.98. The van der Waals surface area contributed by atoms with Crippen LogP contribution in [0.25, 0.3) is 0 Å². The van der Waals surface area contributed by atoms with Crippen LogP contribution in [-0.2, 0) is 4.79 Å². The summed E-state index contributed by atoms with van der Waals surface area (Å²) in [5.74, 6) is -0.113. The van der Waals surface area contributed by atoms with Gasteiger partial charge in [0.1, 0.15) is 0 Å². The number of nitrogens with zero attached hydrogens (tertiary/aromatic N) is 1. The lowest BCUT2D eigenvalue weighted by Crippen LogP contribution is -2.29. The predicted octanol–water partition coefficient (Wildman–Crippen LogP) is 3.83. The van der Waals surface area contributed by atoms with E-state index in [1.807, 2.05) is 44.4 Å². The summed E-state index contributed by atoms with van der Waals surface area (Å²) in [5.41, 5.74) is 5.77. The summed E-state index contributed by atoms with van der Waals surface area (Å²) in [6.07, 6.45) is 0. The Hall–Kier alpha value is -2.09. The molecule has 0 aliphatic heterocycles. The van der Waals surface area contributed by atoms with Crippen LogP contribution in [0.15, 0.2) is 42.5 Å². The Morgan fingerprint density at radius 3 is 1.95 bits per heavy atom. The molecule has 0 fully saturated rings. The van der Waals surface area contributed by atoms with Gasteiger partial charge in [0.15, 0.2) is 0 Å². The van der Waals surface area contributed by atoms with Crippen LogP contribution in [0.4, 0.5) is 0 Å². The molecule has 0 aliphatic carbocycles. The van der Waals surface area contributed by atoms with Gasteiger partial charge < -0.3 is 4.90 Å². The molecule has 2 rings (SSSR count). The molecule has 2 heteroatoms. The average molecular weight is 281 g/mol. The zero-order valence-electron chi connectivity index (χ0n) is 13.5. The van der Waals surface area contributed by atoms with Gasteiger partial charge in [0.25, 0.3) is 0 Å². The number of carbonyl (C=O) groups is 1. The summed E-state index contributed by atoms with van der Waals surface area (Å²) in [6, 6.07) is 14.3. The number of amides is 1. The summed E-state index contributed by atoms with van der Waals surface area (Å²) in [5, 5.41) is 0. The molecule has 0 aliphatic rings. The Bertz CT molecular complexity index is 621. The van der Waals surface area contributed by atoms with E-state index >= 15 is 0 Å². The fraction of sp³-hybridized carbons (Fsp3) is 0.316. The molecule has 2 nitrogen and oxygen atoms in total. The highest BCUT2D eigenvalue weighted by Crippen LogP contribution is 2.32. The average Bonchev–Trinajstić information content (AvgIpc) is 2.42. The van der Waals surface area contributed by atoms with Crippen molar-refractivity contribution in [2.24, 2.45) is 0 Å². The number of benzene rings is 2. The lowest BCUT2D eigenvalue weighted by atomic mass is 9.84. The van der Waals surface area contributed by atoms with Gasteiger partial charge in [-0.3, -0.25) is 4.79 Å². The van der Waals surface area contributed by atoms with E-state index in [4.69, 9.17) is 0 Å². The van der Waals surface area contributed by atoms with Crippen molar-refractivity contribution in [3.05, 3.63) is 70.3 Å². The van der Waals surface area contributed by atoms with Crippen LogP contribution in [0.2, 0.25) is 0 Å². The van der Waals surface area contributed by atoms with E-state index in [1.165, 1.54) is 16.7 Å². The van der Waals surface area contributed by atoms with Crippen molar-refractivity contribution in [3.63, 3.8) is 0 Å². The molecule has 21 heavy (non-hydrogen) atoms. The molecule has 1 amide bonds. The second kappa shape index (κ2) is 6.13. The Labute approximate surface area is 127 Å². The van der Waals surface area contributed by atoms with Gasteiger partial charge in [0.05, 0.1) is 5.92 Å². The molecule has 110 valence electrons. The molecular weight excluding hydrogens is 258 g/mol.